The smallest absolute Gasteiger partial charge is 0.322 e. The van der Waals surface area contributed by atoms with Crippen LogP contribution in [0.15, 0.2) is 84.3 Å². The van der Waals surface area contributed by atoms with Crippen LogP contribution in [-0.2, 0) is 19.6 Å². The Morgan fingerprint density at radius 3 is 2.52 bits per heavy atom. The fourth-order valence-electron chi connectivity index (χ4n) is 4.41. The molecule has 4 rings (SSSR count). The molecular weight excluding hydrogens is 438 g/mol. The highest BCUT2D eigenvalue weighted by Crippen LogP contribution is 2.41. The molecule has 7 heteroatoms. The second-order valence-electron chi connectivity index (χ2n) is 8.44. The molecule has 172 valence electrons. The monoisotopic (exact) mass is 465 g/mol. The van der Waals surface area contributed by atoms with Gasteiger partial charge in [0.15, 0.2) is 0 Å². The van der Waals surface area contributed by atoms with Crippen molar-refractivity contribution in [3.63, 3.8) is 0 Å². The molecule has 3 aromatic rings. The highest BCUT2D eigenvalue weighted by Gasteiger charge is 2.44. The van der Waals surface area contributed by atoms with Gasteiger partial charge in [0, 0.05) is 5.92 Å². The molecule has 1 aliphatic rings. The Morgan fingerprint density at radius 1 is 1.15 bits per heavy atom. The van der Waals surface area contributed by atoms with Crippen molar-refractivity contribution in [3.8, 4) is 0 Å². The summed E-state index contributed by atoms with van der Waals surface area (Å²) < 4.78 is 34.6. The van der Waals surface area contributed by atoms with Gasteiger partial charge in [0.2, 0.25) is 10.0 Å². The lowest BCUT2D eigenvalue weighted by Crippen LogP contribution is -2.48. The van der Waals surface area contributed by atoms with Gasteiger partial charge < -0.3 is 9.84 Å². The quantitative estimate of drug-likeness (QED) is 0.474. The van der Waals surface area contributed by atoms with E-state index in [2.05, 4.69) is 11.3 Å². The minimum absolute atomic E-state index is 0.0321. The summed E-state index contributed by atoms with van der Waals surface area (Å²) in [5, 5.41) is 12.1. The van der Waals surface area contributed by atoms with E-state index in [9.17, 15) is 18.3 Å². The molecule has 2 N–H and O–H groups in total. The molecule has 0 aromatic heterocycles. The molecule has 0 saturated carbocycles. The van der Waals surface area contributed by atoms with Gasteiger partial charge in [-0.15, -0.1) is 6.58 Å². The Hall–Kier alpha value is -3.00. The van der Waals surface area contributed by atoms with Crippen LogP contribution in [0.3, 0.4) is 0 Å². The third-order valence-corrected chi connectivity index (χ3v) is 7.61. The van der Waals surface area contributed by atoms with Gasteiger partial charge in [0.05, 0.1) is 17.1 Å². The van der Waals surface area contributed by atoms with Crippen molar-refractivity contribution in [2.45, 2.75) is 42.9 Å². The predicted molar refractivity (Wildman–Crippen MR) is 127 cm³/mol. The van der Waals surface area contributed by atoms with Gasteiger partial charge in [-0.05, 0) is 54.3 Å². The zero-order valence-electron chi connectivity index (χ0n) is 18.3. The lowest BCUT2D eigenvalue weighted by molar-refractivity contribution is -0.141. The topological polar surface area (TPSA) is 92.7 Å². The van der Waals surface area contributed by atoms with Crippen molar-refractivity contribution in [1.82, 2.24) is 4.72 Å². The van der Waals surface area contributed by atoms with Gasteiger partial charge in [-0.2, -0.15) is 4.72 Å². The number of rotatable bonds is 8. The summed E-state index contributed by atoms with van der Waals surface area (Å²) in [6, 6.07) is 19.0. The van der Waals surface area contributed by atoms with Crippen LogP contribution in [0.2, 0.25) is 0 Å². The number of carboxylic acid groups (broad SMARTS) is 1. The maximum Gasteiger partial charge on any atom is 0.322 e. The van der Waals surface area contributed by atoms with Crippen molar-refractivity contribution in [1.29, 1.82) is 0 Å². The third-order valence-electron chi connectivity index (χ3n) is 6.15. The number of aryl methyl sites for hydroxylation is 1. The van der Waals surface area contributed by atoms with Gasteiger partial charge in [-0.25, -0.2) is 8.42 Å². The molecule has 4 atom stereocenters. The number of aliphatic carboxylic acids is 1. The first-order valence-corrected chi connectivity index (χ1v) is 12.3. The van der Waals surface area contributed by atoms with E-state index in [-0.39, 0.29) is 11.0 Å². The summed E-state index contributed by atoms with van der Waals surface area (Å²) in [4.78, 5) is 12.2. The van der Waals surface area contributed by atoms with Crippen LogP contribution in [0.4, 0.5) is 0 Å². The molecule has 1 saturated heterocycles. The molecule has 1 aliphatic heterocycles. The van der Waals surface area contributed by atoms with Crippen LogP contribution in [0, 0.1) is 12.8 Å². The number of sulfonamides is 1. The number of nitrogens with one attached hydrogen (secondary N) is 1. The first kappa shape index (κ1) is 23.2. The van der Waals surface area contributed by atoms with E-state index in [1.54, 1.807) is 18.2 Å². The maximum atomic E-state index is 12.9. The SMILES string of the molecule is C=CC[C@@H]1O[C@@H](c2ccc3ccccc3c2)C[C@@H]1C(NS(=O)(=O)c1ccc(C)cc1)C(=O)O. The molecule has 0 spiro atoms. The van der Waals surface area contributed by atoms with Gasteiger partial charge in [0.25, 0.3) is 0 Å². The Labute approximate surface area is 194 Å². The zero-order chi connectivity index (χ0) is 23.6. The summed E-state index contributed by atoms with van der Waals surface area (Å²) in [6.07, 6.45) is 1.67. The fourth-order valence-corrected chi connectivity index (χ4v) is 5.65. The molecular formula is C26H27NO5S. The molecule has 0 radical (unpaired) electrons. The molecule has 1 heterocycles. The number of hydrogen-bond donors (Lipinski definition) is 2. The molecule has 1 fully saturated rings. The first-order valence-electron chi connectivity index (χ1n) is 10.9. The molecule has 33 heavy (non-hydrogen) atoms. The van der Waals surface area contributed by atoms with Crippen molar-refractivity contribution in [2.75, 3.05) is 0 Å². The average Bonchev–Trinajstić information content (AvgIpc) is 3.21. The Morgan fingerprint density at radius 2 is 1.85 bits per heavy atom. The van der Waals surface area contributed by atoms with E-state index in [4.69, 9.17) is 4.74 Å². The lowest BCUT2D eigenvalue weighted by Gasteiger charge is -2.24. The number of fused-ring (bicyclic) bond motifs is 1. The highest BCUT2D eigenvalue weighted by atomic mass is 32.2. The minimum atomic E-state index is -4.02. The van der Waals surface area contributed by atoms with E-state index in [1.165, 1.54) is 12.1 Å². The third kappa shape index (κ3) is 5.00. The lowest BCUT2D eigenvalue weighted by atomic mass is 9.88. The zero-order valence-corrected chi connectivity index (χ0v) is 19.2. The van der Waals surface area contributed by atoms with E-state index in [1.807, 2.05) is 49.4 Å². The summed E-state index contributed by atoms with van der Waals surface area (Å²) in [5.74, 6) is -1.79. The van der Waals surface area contributed by atoms with Crippen molar-refractivity contribution in [2.24, 2.45) is 5.92 Å². The van der Waals surface area contributed by atoms with Crippen LogP contribution in [0.25, 0.3) is 10.8 Å². The molecule has 3 aromatic carbocycles. The van der Waals surface area contributed by atoms with Gasteiger partial charge >= 0.3 is 5.97 Å². The highest BCUT2D eigenvalue weighted by molar-refractivity contribution is 7.89. The molecule has 6 nitrogen and oxygen atoms in total. The van der Waals surface area contributed by atoms with Crippen LogP contribution in [-0.4, -0.2) is 31.6 Å². The number of benzene rings is 3. The summed E-state index contributed by atoms with van der Waals surface area (Å²) in [6.45, 7) is 5.62. The molecule has 1 unspecified atom stereocenters. The van der Waals surface area contributed by atoms with Crippen molar-refractivity contribution in [3.05, 3.63) is 90.5 Å². The molecule has 0 amide bonds. The molecule has 0 aliphatic carbocycles. The predicted octanol–water partition coefficient (Wildman–Crippen LogP) is 4.60. The van der Waals surface area contributed by atoms with Gasteiger partial charge in [-0.3, -0.25) is 4.79 Å². The van der Waals surface area contributed by atoms with Crippen molar-refractivity contribution < 1.29 is 23.1 Å². The van der Waals surface area contributed by atoms with Crippen LogP contribution >= 0.6 is 0 Å². The first-order chi connectivity index (χ1) is 15.8. The normalized spacial score (nSPS) is 21.7. The average molecular weight is 466 g/mol. The number of carbonyl (C=O) groups is 1. The van der Waals surface area contributed by atoms with Gasteiger partial charge in [0.1, 0.15) is 6.04 Å². The summed E-state index contributed by atoms with van der Waals surface area (Å²) in [5.41, 5.74) is 1.85. The number of ether oxygens (including phenoxy) is 1. The minimum Gasteiger partial charge on any atom is -0.480 e. The van der Waals surface area contributed by atoms with Gasteiger partial charge in [-0.1, -0.05) is 60.2 Å². The van der Waals surface area contributed by atoms with E-state index in [0.717, 1.165) is 21.9 Å². The Kier molecular flexibility index (Phi) is 6.65. The second-order valence-corrected chi connectivity index (χ2v) is 10.2. The number of carboxylic acids is 1. The Bertz CT molecular complexity index is 1270. The Balaban J connectivity index is 1.62. The van der Waals surface area contributed by atoms with E-state index >= 15 is 0 Å². The summed E-state index contributed by atoms with van der Waals surface area (Å²) in [7, 11) is -4.02. The van der Waals surface area contributed by atoms with Crippen LogP contribution in [0.1, 0.15) is 30.1 Å². The van der Waals surface area contributed by atoms with Crippen LogP contribution < -0.4 is 4.72 Å². The fraction of sp³-hybridized carbons (Fsp3) is 0.269. The summed E-state index contributed by atoms with van der Waals surface area (Å²) >= 11 is 0. The van der Waals surface area contributed by atoms with Crippen LogP contribution in [0.5, 0.6) is 0 Å². The maximum absolute atomic E-state index is 12.9. The second kappa shape index (κ2) is 9.47. The molecule has 0 bridgehead atoms. The number of hydrogen-bond acceptors (Lipinski definition) is 4. The standard InChI is InChI=1S/C26H27NO5S/c1-3-6-23-22(16-24(32-23)20-12-11-18-7-4-5-8-19(18)15-20)25(26(28)29)27-33(30,31)21-13-9-17(2)10-14-21/h3-5,7-15,22-25,27H,1,6,16H2,2H3,(H,28,29)/t22-,23-,24+,25?/m0/s1. The van der Waals surface area contributed by atoms with E-state index in [0.29, 0.717) is 12.8 Å². The van der Waals surface area contributed by atoms with Crippen molar-refractivity contribution >= 4 is 26.8 Å². The van der Waals surface area contributed by atoms with E-state index < -0.39 is 34.1 Å². The largest absolute Gasteiger partial charge is 0.480 e.